The van der Waals surface area contributed by atoms with Crippen LogP contribution < -0.4 is 25.0 Å². The third-order valence-electron chi connectivity index (χ3n) is 11.9. The third kappa shape index (κ3) is 12.1. The number of fused-ring (bicyclic) bond motifs is 4. The number of benzene rings is 4. The number of aliphatic imine (C=N–C) groups is 3. The minimum absolute atomic E-state index is 0.0444. The molecule has 69 heavy (non-hydrogen) atoms. The molecule has 2 N–H and O–H groups in total. The molecule has 2 aliphatic rings. The number of ether oxygens (including phenoxy) is 4. The highest BCUT2D eigenvalue weighted by Crippen LogP contribution is 2.39. The van der Waals surface area contributed by atoms with Crippen LogP contribution in [0.15, 0.2) is 111 Å². The van der Waals surface area contributed by atoms with Crippen molar-refractivity contribution in [1.82, 2.24) is 25.4 Å². The zero-order valence-electron chi connectivity index (χ0n) is 40.1. The normalized spacial score (nSPS) is 16.2. The summed E-state index contributed by atoms with van der Waals surface area (Å²) < 4.78 is 25.4. The number of rotatable bonds is 19. The molecule has 5 aromatic rings. The van der Waals surface area contributed by atoms with E-state index in [2.05, 4.69) is 44.6 Å². The van der Waals surface area contributed by atoms with Crippen LogP contribution in [0.2, 0.25) is 10.0 Å². The standard InChI is InChI=1S/C52H59Cl2N9O6/c1-8-32(3)51-43(30-47(64)56-9-2)58-49(35-10-14-37(53)15-11-35)42-29-40(19-21-45(42)62(51)33(4)55-6)69-27-26-68-25-24-67-23-22-57-48(65)31-44-52-61-60-34(5)63(52)46-20-18-39(66-7)28-41(46)50(59-44)36-12-16-38(54)17-13-36/h10-21,28-29,43-44H,8-9,22-27,30-31H2,1-7H3,(H,56,64)(H,57,65). The Balaban J connectivity index is 0.947. The van der Waals surface area contributed by atoms with Gasteiger partial charge >= 0.3 is 0 Å². The lowest BCUT2D eigenvalue weighted by Crippen LogP contribution is -2.36. The second-order valence-electron chi connectivity index (χ2n) is 16.4. The van der Waals surface area contributed by atoms with Gasteiger partial charge in [-0.05, 0) is 94.8 Å². The maximum atomic E-state index is 13.4. The van der Waals surface area contributed by atoms with Gasteiger partial charge in [0.1, 0.15) is 35.8 Å². The fourth-order valence-electron chi connectivity index (χ4n) is 8.31. The van der Waals surface area contributed by atoms with Crippen LogP contribution in [0.3, 0.4) is 0 Å². The molecule has 17 heteroatoms. The summed E-state index contributed by atoms with van der Waals surface area (Å²) in [5.74, 6) is 3.02. The molecular weight excluding hydrogens is 918 g/mol. The number of hydrogen-bond donors (Lipinski definition) is 2. The van der Waals surface area contributed by atoms with Crippen LogP contribution in [0.4, 0.5) is 5.69 Å². The molecule has 0 saturated carbocycles. The number of benzodiazepines with no additional fused rings is 1. The van der Waals surface area contributed by atoms with E-state index in [-0.39, 0.29) is 31.3 Å². The van der Waals surface area contributed by atoms with Gasteiger partial charge in [0.25, 0.3) is 0 Å². The summed E-state index contributed by atoms with van der Waals surface area (Å²) in [4.78, 5) is 43.8. The Bertz CT molecular complexity index is 2750. The maximum absolute atomic E-state index is 13.4. The summed E-state index contributed by atoms with van der Waals surface area (Å²) >= 11 is 12.6. The summed E-state index contributed by atoms with van der Waals surface area (Å²) in [7, 11) is 3.38. The molecule has 2 atom stereocenters. The molecule has 2 aliphatic heterocycles. The van der Waals surface area contributed by atoms with E-state index in [1.54, 1.807) is 14.2 Å². The van der Waals surface area contributed by atoms with Gasteiger partial charge in [-0.2, -0.15) is 0 Å². The average molecular weight is 977 g/mol. The van der Waals surface area contributed by atoms with Crippen LogP contribution in [0.5, 0.6) is 11.5 Å². The number of hydrogen-bond acceptors (Lipinski definition) is 11. The van der Waals surface area contributed by atoms with E-state index in [1.165, 1.54) is 0 Å². The molecule has 0 radical (unpaired) electrons. The van der Waals surface area contributed by atoms with Crippen LogP contribution in [-0.4, -0.2) is 110 Å². The molecule has 0 aliphatic carbocycles. The molecule has 2 amide bonds. The summed E-state index contributed by atoms with van der Waals surface area (Å²) in [5.41, 5.74) is 8.49. The fourth-order valence-corrected chi connectivity index (χ4v) is 8.56. The van der Waals surface area contributed by atoms with E-state index in [0.29, 0.717) is 84.1 Å². The van der Waals surface area contributed by atoms with Gasteiger partial charge in [-0.1, -0.05) is 60.0 Å². The van der Waals surface area contributed by atoms with E-state index in [9.17, 15) is 9.59 Å². The predicted octanol–water partition coefficient (Wildman–Crippen LogP) is 8.69. The predicted molar refractivity (Wildman–Crippen MR) is 272 cm³/mol. The van der Waals surface area contributed by atoms with Gasteiger partial charge in [-0.25, -0.2) is 0 Å². The average Bonchev–Trinajstić information content (AvgIpc) is 3.60. The fraction of sp³-hybridized carbons (Fsp3) is 0.365. The van der Waals surface area contributed by atoms with E-state index >= 15 is 0 Å². The van der Waals surface area contributed by atoms with Crippen LogP contribution in [0, 0.1) is 6.92 Å². The van der Waals surface area contributed by atoms with Crippen molar-refractivity contribution in [2.75, 3.05) is 65.2 Å². The summed E-state index contributed by atoms with van der Waals surface area (Å²) in [5, 5.41) is 16.0. The van der Waals surface area contributed by atoms with E-state index in [4.69, 9.17) is 52.1 Å². The molecule has 0 bridgehead atoms. The highest BCUT2D eigenvalue weighted by atomic mass is 35.5. The topological polar surface area (TPSA) is 166 Å². The molecule has 2 unspecified atom stereocenters. The highest BCUT2D eigenvalue weighted by molar-refractivity contribution is 6.31. The molecule has 0 spiro atoms. The smallest absolute Gasteiger partial charge is 0.222 e. The second-order valence-corrected chi connectivity index (χ2v) is 17.3. The lowest BCUT2D eigenvalue weighted by molar-refractivity contribution is -0.122. The molecule has 3 heterocycles. The Morgan fingerprint density at radius 1 is 0.710 bits per heavy atom. The molecule has 1 aromatic heterocycles. The van der Waals surface area contributed by atoms with Gasteiger partial charge in [0.2, 0.25) is 11.8 Å². The molecule has 0 saturated heterocycles. The van der Waals surface area contributed by atoms with Crippen LogP contribution >= 0.6 is 23.2 Å². The van der Waals surface area contributed by atoms with Gasteiger partial charge in [-0.15, -0.1) is 10.2 Å². The van der Waals surface area contributed by atoms with Crippen molar-refractivity contribution in [2.24, 2.45) is 15.0 Å². The monoisotopic (exact) mass is 975 g/mol. The number of halogens is 2. The number of aryl methyl sites for hydroxylation is 1. The molecular formula is C52H59Cl2N9O6. The Labute approximate surface area is 413 Å². The molecule has 15 nitrogen and oxygen atoms in total. The summed E-state index contributed by atoms with van der Waals surface area (Å²) in [6.45, 7) is 12.3. The zero-order valence-corrected chi connectivity index (χ0v) is 41.7. The maximum Gasteiger partial charge on any atom is 0.222 e. The minimum Gasteiger partial charge on any atom is -0.497 e. The number of nitrogens with zero attached hydrogens (tertiary/aromatic N) is 7. The van der Waals surface area contributed by atoms with Crippen molar-refractivity contribution >= 4 is 58.0 Å². The Hall–Kier alpha value is -6.39. The van der Waals surface area contributed by atoms with E-state index < -0.39 is 12.1 Å². The number of carbonyl (C=O) groups is 2. The van der Waals surface area contributed by atoms with Crippen molar-refractivity contribution < 1.29 is 28.5 Å². The Morgan fingerprint density at radius 2 is 1.28 bits per heavy atom. The SMILES string of the molecule is CCNC(=O)CC1N=C(c2ccc(Cl)cc2)c2cc(OCCOCCOCCNC(=O)CC3N=C(c4ccc(Cl)cc4)c4cc(OC)ccc4-n4c(C)nnc43)ccc2N(C(C)=NC)C1=C(C)CC. The van der Waals surface area contributed by atoms with Crippen LogP contribution in [-0.2, 0) is 19.1 Å². The Morgan fingerprint density at radius 3 is 1.91 bits per heavy atom. The first-order valence-electron chi connectivity index (χ1n) is 23.1. The zero-order chi connectivity index (χ0) is 49.0. The van der Waals surface area contributed by atoms with Crippen molar-refractivity contribution in [3.05, 3.63) is 140 Å². The van der Waals surface area contributed by atoms with Crippen LogP contribution in [0.25, 0.3) is 5.69 Å². The number of nitrogens with one attached hydrogen (secondary N) is 2. The van der Waals surface area contributed by atoms with Crippen molar-refractivity contribution in [3.8, 4) is 17.2 Å². The molecule has 0 fully saturated rings. The number of carbonyl (C=O) groups excluding carboxylic acids is 2. The Kier molecular flexibility index (Phi) is 17.4. The summed E-state index contributed by atoms with van der Waals surface area (Å²) in [6, 6.07) is 25.6. The van der Waals surface area contributed by atoms with Gasteiger partial charge in [0.15, 0.2) is 5.82 Å². The van der Waals surface area contributed by atoms with Crippen LogP contribution in [0.1, 0.15) is 86.9 Å². The van der Waals surface area contributed by atoms with Gasteiger partial charge in [0.05, 0.1) is 75.2 Å². The number of aromatic nitrogens is 3. The number of amides is 2. The first-order valence-corrected chi connectivity index (χ1v) is 23.9. The quantitative estimate of drug-likeness (QED) is 0.0468. The number of amidine groups is 1. The lowest BCUT2D eigenvalue weighted by Gasteiger charge is -2.31. The van der Waals surface area contributed by atoms with E-state index in [0.717, 1.165) is 57.2 Å². The number of anilines is 1. The first-order chi connectivity index (χ1) is 33.4. The van der Waals surface area contributed by atoms with Crippen molar-refractivity contribution in [3.63, 3.8) is 0 Å². The molecule has 362 valence electrons. The number of allylic oxidation sites excluding steroid dienone is 1. The molecule has 4 aromatic carbocycles. The highest BCUT2D eigenvalue weighted by Gasteiger charge is 2.34. The lowest BCUT2D eigenvalue weighted by atomic mass is 9.99. The molecule has 7 rings (SSSR count). The van der Waals surface area contributed by atoms with Crippen molar-refractivity contribution in [1.29, 1.82) is 0 Å². The first kappa shape index (κ1) is 50.5. The number of methoxy groups -OCH3 is 1. The van der Waals surface area contributed by atoms with E-state index in [1.807, 2.05) is 110 Å². The minimum atomic E-state index is -0.622. The largest absolute Gasteiger partial charge is 0.497 e. The summed E-state index contributed by atoms with van der Waals surface area (Å²) in [6.07, 6.45) is 0.977. The van der Waals surface area contributed by atoms with Gasteiger partial charge in [0, 0.05) is 58.1 Å². The van der Waals surface area contributed by atoms with Crippen molar-refractivity contribution in [2.45, 2.75) is 66.0 Å². The third-order valence-corrected chi connectivity index (χ3v) is 12.4. The van der Waals surface area contributed by atoms with Gasteiger partial charge < -0.3 is 29.6 Å². The van der Waals surface area contributed by atoms with Gasteiger partial charge in [-0.3, -0.25) is 34.0 Å². The second kappa shape index (κ2) is 23.8.